The number of hydrogen-bond acceptors (Lipinski definition) is 5. The van der Waals surface area contributed by atoms with Crippen molar-refractivity contribution in [2.45, 2.75) is 74.7 Å². The molecule has 6 atom stereocenters. The molecule has 0 radical (unpaired) electrons. The van der Waals surface area contributed by atoms with Gasteiger partial charge >= 0.3 is 0 Å². The molecule has 4 aliphatic carbocycles. The van der Waals surface area contributed by atoms with Crippen LogP contribution >= 0.6 is 0 Å². The van der Waals surface area contributed by atoms with Gasteiger partial charge in [-0.05, 0) is 57.6 Å². The first kappa shape index (κ1) is 18.8. The minimum atomic E-state index is -0.944. The molecule has 1 aromatic rings. The molecule has 3 saturated carbocycles. The molecule has 7 nitrogen and oxygen atoms in total. The number of fused-ring (bicyclic) bond motifs is 2. The fraction of sp³-hybridized carbons (Fsp3) is 0.696. The molecule has 7 rings (SSSR count). The molecule has 2 spiro atoms. The van der Waals surface area contributed by atoms with Crippen LogP contribution in [0.4, 0.5) is 0 Å². The Morgan fingerprint density at radius 3 is 2.77 bits per heavy atom. The Morgan fingerprint density at radius 1 is 1.33 bits per heavy atom. The molecule has 0 aromatic heterocycles. The van der Waals surface area contributed by atoms with E-state index in [1.165, 1.54) is 5.56 Å². The zero-order chi connectivity index (χ0) is 21.3. The Kier molecular flexibility index (Phi) is 3.28. The lowest BCUT2D eigenvalue weighted by Gasteiger charge is -2.74. The van der Waals surface area contributed by atoms with Crippen molar-refractivity contribution in [3.05, 3.63) is 23.3 Å². The number of rotatable bonds is 2. The largest absolute Gasteiger partial charge is 0.504 e. The quantitative estimate of drug-likeness (QED) is 0.435. The van der Waals surface area contributed by atoms with Crippen LogP contribution in [0.15, 0.2) is 12.1 Å². The molecule has 4 bridgehead atoms. The van der Waals surface area contributed by atoms with Gasteiger partial charge in [0.1, 0.15) is 11.7 Å². The molecular weight excluding hydrogens is 382 g/mol. The second-order valence-corrected chi connectivity index (χ2v) is 10.7. The van der Waals surface area contributed by atoms with Crippen LogP contribution in [-0.4, -0.2) is 58.1 Å². The van der Waals surface area contributed by atoms with Crippen molar-refractivity contribution >= 4 is 5.96 Å². The van der Waals surface area contributed by atoms with Gasteiger partial charge < -0.3 is 30.3 Å². The van der Waals surface area contributed by atoms with Crippen molar-refractivity contribution in [3.8, 4) is 11.5 Å². The lowest BCUT2D eigenvalue weighted by atomic mass is 9.34. The molecule has 7 heteroatoms. The van der Waals surface area contributed by atoms with Gasteiger partial charge in [-0.3, -0.25) is 5.41 Å². The summed E-state index contributed by atoms with van der Waals surface area (Å²) in [4.78, 5) is 2.07. The molecule has 6 aliphatic rings. The number of nitrogens with one attached hydrogen (secondary N) is 1. The van der Waals surface area contributed by atoms with Crippen molar-refractivity contribution in [3.63, 3.8) is 0 Å². The third-order valence-electron chi connectivity index (χ3n) is 9.52. The maximum atomic E-state index is 11.2. The predicted molar refractivity (Wildman–Crippen MR) is 111 cm³/mol. The number of nitrogens with two attached hydrogens (primary N) is 1. The lowest BCUT2D eigenvalue weighted by molar-refractivity contribution is -0.296. The monoisotopic (exact) mass is 413 g/mol. The highest BCUT2D eigenvalue weighted by atomic mass is 16.6. The molecule has 162 valence electrons. The number of nitrogens with zero attached hydrogens (tertiary/aromatic N) is 1. The first-order valence-corrected chi connectivity index (χ1v) is 11.0. The number of methoxy groups -OCH3 is 1. The van der Waals surface area contributed by atoms with Gasteiger partial charge in [-0.15, -0.1) is 0 Å². The van der Waals surface area contributed by atoms with Crippen molar-refractivity contribution in [1.82, 2.24) is 4.90 Å². The highest BCUT2D eigenvalue weighted by Crippen LogP contribution is 2.77. The van der Waals surface area contributed by atoms with E-state index in [0.717, 1.165) is 37.7 Å². The number of phenols is 1. The van der Waals surface area contributed by atoms with E-state index < -0.39 is 11.2 Å². The lowest BCUT2D eigenvalue weighted by Crippen LogP contribution is -2.82. The fourth-order valence-corrected chi connectivity index (χ4v) is 8.58. The van der Waals surface area contributed by atoms with E-state index >= 15 is 0 Å². The molecule has 0 unspecified atom stereocenters. The van der Waals surface area contributed by atoms with Crippen molar-refractivity contribution < 1.29 is 19.7 Å². The minimum Gasteiger partial charge on any atom is -0.504 e. The molecule has 2 heterocycles. The molecule has 0 amide bonds. The summed E-state index contributed by atoms with van der Waals surface area (Å²) in [6.45, 7) is 4.44. The van der Waals surface area contributed by atoms with Crippen molar-refractivity contribution in [2.75, 3.05) is 13.7 Å². The number of benzene rings is 1. The van der Waals surface area contributed by atoms with Crippen LogP contribution in [0.25, 0.3) is 0 Å². The molecular formula is C23H31N3O4. The molecule has 30 heavy (non-hydrogen) atoms. The Labute approximate surface area is 176 Å². The number of piperidine rings is 1. The predicted octanol–water partition coefficient (Wildman–Crippen LogP) is 1.87. The fourth-order valence-electron chi connectivity index (χ4n) is 8.58. The van der Waals surface area contributed by atoms with Gasteiger partial charge in [0, 0.05) is 42.0 Å². The summed E-state index contributed by atoms with van der Waals surface area (Å²) < 4.78 is 13.0. The molecule has 4 fully saturated rings. The summed E-state index contributed by atoms with van der Waals surface area (Å²) in [6.07, 6.45) is 3.84. The average Bonchev–Trinajstić information content (AvgIpc) is 3.05. The Morgan fingerprint density at radius 2 is 2.10 bits per heavy atom. The second-order valence-electron chi connectivity index (χ2n) is 10.7. The molecule has 1 aromatic carbocycles. The van der Waals surface area contributed by atoms with E-state index in [0.29, 0.717) is 12.3 Å². The average molecular weight is 414 g/mol. The molecule has 1 saturated heterocycles. The highest BCUT2D eigenvalue weighted by Gasteiger charge is 2.81. The molecule has 2 aliphatic heterocycles. The summed E-state index contributed by atoms with van der Waals surface area (Å²) in [5.41, 5.74) is 6.38. The van der Waals surface area contributed by atoms with E-state index in [1.54, 1.807) is 13.2 Å². The maximum Gasteiger partial charge on any atom is 0.188 e. The first-order chi connectivity index (χ1) is 14.1. The standard InChI is InChI=1S/C23H31N3O4/c1-20(2,28)14-11-21-6-7-23(14,29-3)18-22(21)8-9-26(19(24)25)15(21)10-12-4-5-13(27)17(30-18)16(12)22/h4-5,14-15,18,27-28H,6-11H2,1-3H3,(H3,24,25)/t14-,15-,18-,21-,22+,23-/m1/s1. The number of aromatic hydroxyl groups is 1. The zero-order valence-electron chi connectivity index (χ0n) is 17.9. The highest BCUT2D eigenvalue weighted by molar-refractivity contribution is 5.76. The Balaban J connectivity index is 1.68. The second kappa shape index (κ2) is 5.25. The van der Waals surface area contributed by atoms with Crippen LogP contribution in [0.5, 0.6) is 11.5 Å². The third kappa shape index (κ3) is 1.73. The van der Waals surface area contributed by atoms with E-state index in [-0.39, 0.29) is 40.6 Å². The van der Waals surface area contributed by atoms with Gasteiger partial charge in [-0.2, -0.15) is 0 Å². The van der Waals surface area contributed by atoms with Gasteiger partial charge in [-0.1, -0.05) is 6.07 Å². The third-order valence-corrected chi connectivity index (χ3v) is 9.52. The van der Waals surface area contributed by atoms with Crippen molar-refractivity contribution in [1.29, 1.82) is 5.41 Å². The molecule has 5 N–H and O–H groups in total. The van der Waals surface area contributed by atoms with E-state index in [1.807, 2.05) is 19.9 Å². The number of ether oxygens (including phenoxy) is 2. The van der Waals surface area contributed by atoms with Crippen molar-refractivity contribution in [2.24, 2.45) is 17.1 Å². The summed E-state index contributed by atoms with van der Waals surface area (Å²) >= 11 is 0. The Hall–Kier alpha value is -1.99. The van der Waals surface area contributed by atoms with Gasteiger partial charge in [0.05, 0.1) is 5.60 Å². The maximum absolute atomic E-state index is 11.2. The summed E-state index contributed by atoms with van der Waals surface area (Å²) in [7, 11) is 1.74. The number of aliphatic hydroxyl groups is 1. The van der Waals surface area contributed by atoms with Gasteiger partial charge in [0.15, 0.2) is 17.5 Å². The van der Waals surface area contributed by atoms with Crippen LogP contribution in [0.1, 0.15) is 50.7 Å². The van der Waals surface area contributed by atoms with E-state index in [9.17, 15) is 10.2 Å². The summed E-state index contributed by atoms with van der Waals surface area (Å²) in [5, 5.41) is 30.3. The summed E-state index contributed by atoms with van der Waals surface area (Å²) in [6, 6.07) is 3.82. The van der Waals surface area contributed by atoms with Crippen LogP contribution in [0.2, 0.25) is 0 Å². The topological polar surface area (TPSA) is 112 Å². The van der Waals surface area contributed by atoms with Gasteiger partial charge in [0.2, 0.25) is 0 Å². The normalized spacial score (nSPS) is 42.7. The number of likely N-dealkylation sites (tertiary alicyclic amines) is 1. The van der Waals surface area contributed by atoms with Crippen LogP contribution in [0, 0.1) is 16.7 Å². The van der Waals surface area contributed by atoms with Crippen LogP contribution in [0.3, 0.4) is 0 Å². The number of phenolic OH excluding ortho intramolecular Hbond substituents is 1. The minimum absolute atomic E-state index is 0.0813. The first-order valence-electron chi connectivity index (χ1n) is 11.0. The smallest absolute Gasteiger partial charge is 0.188 e. The van der Waals surface area contributed by atoms with Gasteiger partial charge in [-0.25, -0.2) is 0 Å². The number of hydrogen-bond donors (Lipinski definition) is 4. The number of guanidine groups is 1. The van der Waals surface area contributed by atoms with Crippen LogP contribution < -0.4 is 10.5 Å². The van der Waals surface area contributed by atoms with E-state index in [4.69, 9.17) is 20.6 Å². The van der Waals surface area contributed by atoms with E-state index in [2.05, 4.69) is 4.90 Å². The van der Waals surface area contributed by atoms with Gasteiger partial charge in [0.25, 0.3) is 0 Å². The Bertz CT molecular complexity index is 974. The SMILES string of the molecule is CO[C@]12CC[C@@]3(C[C@@H]1C(C)(C)O)[C@H]1Cc4ccc(O)c5c4[C@@]3(CCN1C(=N)N)[C@H]2O5. The summed E-state index contributed by atoms with van der Waals surface area (Å²) in [5.74, 6) is 0.798. The van der Waals surface area contributed by atoms with Crippen LogP contribution in [-0.2, 0) is 16.6 Å². The zero-order valence-corrected chi connectivity index (χ0v) is 17.9.